The summed E-state index contributed by atoms with van der Waals surface area (Å²) < 4.78 is 27.1. The summed E-state index contributed by atoms with van der Waals surface area (Å²) in [4.78, 5) is 12.5. The standard InChI is InChI=1S/C20H19FN6O4/c1-26-8-7-17(23-26)22-20(29)15-9-18(24-27(15)2)30-11-14-16(10-28)31-25-19(14)12-3-5-13(21)6-4-12/h3-9,28H,10-11H2,1-2H3,(H,22,23,29). The van der Waals surface area contributed by atoms with Gasteiger partial charge in [0.15, 0.2) is 11.6 Å². The highest BCUT2D eigenvalue weighted by Gasteiger charge is 2.20. The van der Waals surface area contributed by atoms with E-state index in [-0.39, 0.29) is 36.4 Å². The van der Waals surface area contributed by atoms with Crippen LogP contribution < -0.4 is 10.1 Å². The van der Waals surface area contributed by atoms with Crippen LogP contribution >= 0.6 is 0 Å². The molecule has 0 radical (unpaired) electrons. The summed E-state index contributed by atoms with van der Waals surface area (Å²) in [5, 5.41) is 24.5. The molecule has 0 fully saturated rings. The molecule has 0 bridgehead atoms. The van der Waals surface area contributed by atoms with Crippen molar-refractivity contribution < 1.29 is 23.6 Å². The topological polar surface area (TPSA) is 120 Å². The lowest BCUT2D eigenvalue weighted by Gasteiger charge is -2.04. The quantitative estimate of drug-likeness (QED) is 0.465. The van der Waals surface area contributed by atoms with Gasteiger partial charge >= 0.3 is 0 Å². The van der Waals surface area contributed by atoms with Crippen LogP contribution in [0.2, 0.25) is 0 Å². The van der Waals surface area contributed by atoms with Crippen molar-refractivity contribution in [2.75, 3.05) is 5.32 Å². The number of anilines is 1. The number of benzene rings is 1. The van der Waals surface area contributed by atoms with Crippen LogP contribution in [0.15, 0.2) is 47.1 Å². The summed E-state index contributed by atoms with van der Waals surface area (Å²) in [6.07, 6.45) is 1.71. The zero-order valence-electron chi connectivity index (χ0n) is 16.7. The number of aromatic nitrogens is 5. The molecule has 10 nitrogen and oxygen atoms in total. The molecule has 0 saturated carbocycles. The SMILES string of the molecule is Cn1ccc(NC(=O)c2cc(OCc3c(-c4ccc(F)cc4)noc3CO)nn2C)n1. The van der Waals surface area contributed by atoms with Gasteiger partial charge < -0.3 is 19.7 Å². The van der Waals surface area contributed by atoms with Gasteiger partial charge in [-0.25, -0.2) is 4.39 Å². The number of nitrogens with one attached hydrogen (secondary N) is 1. The molecule has 0 aliphatic rings. The van der Waals surface area contributed by atoms with E-state index in [4.69, 9.17) is 9.26 Å². The zero-order valence-corrected chi connectivity index (χ0v) is 16.7. The number of rotatable bonds is 7. The van der Waals surface area contributed by atoms with Gasteiger partial charge in [-0.1, -0.05) is 5.16 Å². The van der Waals surface area contributed by atoms with Crippen LogP contribution in [0.5, 0.6) is 5.88 Å². The van der Waals surface area contributed by atoms with E-state index >= 15 is 0 Å². The van der Waals surface area contributed by atoms with Crippen molar-refractivity contribution in [1.82, 2.24) is 24.7 Å². The number of aliphatic hydroxyl groups excluding tert-OH is 1. The summed E-state index contributed by atoms with van der Waals surface area (Å²) in [5.74, 6) is 0.0679. The van der Waals surface area contributed by atoms with Crippen LogP contribution in [0, 0.1) is 5.82 Å². The van der Waals surface area contributed by atoms with E-state index in [2.05, 4.69) is 20.7 Å². The summed E-state index contributed by atoms with van der Waals surface area (Å²) in [5.41, 5.74) is 1.80. The molecule has 160 valence electrons. The first-order chi connectivity index (χ1) is 14.9. The third-order valence-electron chi connectivity index (χ3n) is 4.54. The minimum atomic E-state index is -0.392. The van der Waals surface area contributed by atoms with Crippen LogP contribution in [0.4, 0.5) is 10.2 Å². The minimum Gasteiger partial charge on any atom is -0.471 e. The van der Waals surface area contributed by atoms with Gasteiger partial charge in [0.25, 0.3) is 5.91 Å². The van der Waals surface area contributed by atoms with Crippen molar-refractivity contribution >= 4 is 11.7 Å². The van der Waals surface area contributed by atoms with Gasteiger partial charge in [-0.15, -0.1) is 5.10 Å². The zero-order chi connectivity index (χ0) is 22.0. The van der Waals surface area contributed by atoms with Crippen molar-refractivity contribution in [3.8, 4) is 17.1 Å². The van der Waals surface area contributed by atoms with Gasteiger partial charge in [0.05, 0.1) is 5.56 Å². The molecule has 3 heterocycles. The van der Waals surface area contributed by atoms with E-state index in [1.165, 1.54) is 22.9 Å². The molecular weight excluding hydrogens is 407 g/mol. The van der Waals surface area contributed by atoms with Gasteiger partial charge in [-0.05, 0) is 24.3 Å². The van der Waals surface area contributed by atoms with Crippen molar-refractivity contribution in [2.45, 2.75) is 13.2 Å². The largest absolute Gasteiger partial charge is 0.471 e. The van der Waals surface area contributed by atoms with E-state index in [1.54, 1.807) is 43.2 Å². The average molecular weight is 426 g/mol. The number of aliphatic hydroxyl groups is 1. The van der Waals surface area contributed by atoms with Crippen molar-refractivity contribution in [2.24, 2.45) is 14.1 Å². The smallest absolute Gasteiger partial charge is 0.275 e. The Morgan fingerprint density at radius 1 is 1.23 bits per heavy atom. The second-order valence-electron chi connectivity index (χ2n) is 6.71. The summed E-state index contributed by atoms with van der Waals surface area (Å²) in [7, 11) is 3.36. The number of ether oxygens (including phenoxy) is 1. The molecular formula is C20H19FN6O4. The number of hydrogen-bond acceptors (Lipinski definition) is 7. The second-order valence-corrected chi connectivity index (χ2v) is 6.71. The maximum Gasteiger partial charge on any atom is 0.275 e. The molecule has 4 aromatic rings. The number of amides is 1. The number of aryl methyl sites for hydroxylation is 2. The Kier molecular flexibility index (Phi) is 5.50. The lowest BCUT2D eigenvalue weighted by Crippen LogP contribution is -2.16. The molecule has 0 saturated heterocycles. The molecule has 0 spiro atoms. The minimum absolute atomic E-state index is 0.0234. The number of hydrogen-bond donors (Lipinski definition) is 2. The van der Waals surface area contributed by atoms with Crippen LogP contribution in [0.3, 0.4) is 0 Å². The van der Waals surface area contributed by atoms with Crippen LogP contribution in [0.1, 0.15) is 21.8 Å². The van der Waals surface area contributed by atoms with Gasteiger partial charge in [-0.2, -0.15) is 5.10 Å². The lowest BCUT2D eigenvalue weighted by molar-refractivity contribution is 0.101. The molecule has 0 aliphatic carbocycles. The van der Waals surface area contributed by atoms with Crippen molar-refractivity contribution in [3.05, 3.63) is 65.4 Å². The predicted octanol–water partition coefficient (Wildman–Crippen LogP) is 2.27. The van der Waals surface area contributed by atoms with Crippen molar-refractivity contribution in [1.29, 1.82) is 0 Å². The molecule has 11 heteroatoms. The van der Waals surface area contributed by atoms with E-state index in [0.717, 1.165) is 0 Å². The first-order valence-electron chi connectivity index (χ1n) is 9.26. The number of halogens is 1. The number of carbonyl (C=O) groups is 1. The number of carbonyl (C=O) groups excluding carboxylic acids is 1. The average Bonchev–Trinajstić information content (AvgIpc) is 3.45. The first-order valence-corrected chi connectivity index (χ1v) is 9.26. The lowest BCUT2D eigenvalue weighted by atomic mass is 10.1. The van der Waals surface area contributed by atoms with E-state index < -0.39 is 5.91 Å². The van der Waals surface area contributed by atoms with Gasteiger partial charge in [-0.3, -0.25) is 14.2 Å². The highest BCUT2D eigenvalue weighted by molar-refractivity contribution is 6.02. The highest BCUT2D eigenvalue weighted by Crippen LogP contribution is 2.27. The predicted molar refractivity (Wildman–Crippen MR) is 107 cm³/mol. The fraction of sp³-hybridized carbons (Fsp3) is 0.200. The Labute approximate surface area is 175 Å². The molecule has 1 aromatic carbocycles. The second kappa shape index (κ2) is 8.40. The fourth-order valence-corrected chi connectivity index (χ4v) is 2.98. The Morgan fingerprint density at radius 2 is 2.00 bits per heavy atom. The Morgan fingerprint density at radius 3 is 2.68 bits per heavy atom. The monoisotopic (exact) mass is 426 g/mol. The maximum atomic E-state index is 13.2. The van der Waals surface area contributed by atoms with Crippen LogP contribution in [0.25, 0.3) is 11.3 Å². The molecule has 4 rings (SSSR count). The Bertz CT molecular complexity index is 1210. The molecule has 0 atom stereocenters. The third-order valence-corrected chi connectivity index (χ3v) is 4.54. The highest BCUT2D eigenvalue weighted by atomic mass is 19.1. The molecule has 31 heavy (non-hydrogen) atoms. The third kappa shape index (κ3) is 4.31. The fourth-order valence-electron chi connectivity index (χ4n) is 2.98. The summed E-state index contributed by atoms with van der Waals surface area (Å²) in [6, 6.07) is 8.88. The summed E-state index contributed by atoms with van der Waals surface area (Å²) in [6.45, 7) is -0.406. The van der Waals surface area contributed by atoms with Crippen molar-refractivity contribution in [3.63, 3.8) is 0 Å². The van der Waals surface area contributed by atoms with E-state index in [0.29, 0.717) is 22.6 Å². The normalized spacial score (nSPS) is 11.0. The summed E-state index contributed by atoms with van der Waals surface area (Å²) >= 11 is 0. The van der Waals surface area contributed by atoms with Gasteiger partial charge in [0, 0.05) is 38.0 Å². The number of nitrogens with zero attached hydrogens (tertiary/aromatic N) is 5. The molecule has 0 unspecified atom stereocenters. The molecule has 1 amide bonds. The van der Waals surface area contributed by atoms with Gasteiger partial charge in [0.1, 0.15) is 30.4 Å². The van der Waals surface area contributed by atoms with Gasteiger partial charge in [0.2, 0.25) is 5.88 Å². The van der Waals surface area contributed by atoms with E-state index in [9.17, 15) is 14.3 Å². The molecule has 3 aromatic heterocycles. The maximum absolute atomic E-state index is 13.2. The molecule has 0 aliphatic heterocycles. The molecule has 2 N–H and O–H groups in total. The van der Waals surface area contributed by atoms with Crippen LogP contribution in [-0.2, 0) is 27.3 Å². The first kappa shape index (κ1) is 20.3. The van der Waals surface area contributed by atoms with E-state index in [1.807, 2.05) is 0 Å². The Balaban J connectivity index is 1.51. The Hall–Kier alpha value is -3.99. The van der Waals surface area contributed by atoms with Crippen LogP contribution in [-0.4, -0.2) is 35.7 Å².